The van der Waals surface area contributed by atoms with Gasteiger partial charge in [-0.2, -0.15) is 0 Å². The van der Waals surface area contributed by atoms with E-state index in [1.807, 2.05) is 16.5 Å². The van der Waals surface area contributed by atoms with E-state index in [0.29, 0.717) is 6.54 Å². The molecule has 184 valence electrons. The number of halogens is 3. The molecule has 3 amide bonds. The lowest BCUT2D eigenvalue weighted by atomic mass is 10.0. The Morgan fingerprint density at radius 2 is 1.52 bits per heavy atom. The van der Waals surface area contributed by atoms with E-state index in [1.54, 1.807) is 6.92 Å². The monoisotopic (exact) mass is 518 g/mol. The van der Waals surface area contributed by atoms with Gasteiger partial charge in [-0.3, -0.25) is 15.2 Å². The number of urea groups is 1. The summed E-state index contributed by atoms with van der Waals surface area (Å²) in [4.78, 5) is 31.3. The highest BCUT2D eigenvalue weighted by Crippen LogP contribution is 2.17. The first kappa shape index (κ1) is 30.7. The SMILES string of the molecule is CC(=O)N1CCN(c2ccc(CCc3ccc(CCNC(=O)NN)cc3)nc2)CC1.Cl.Cl.Cl. The first-order valence-electron chi connectivity index (χ1n) is 10.3. The molecule has 0 saturated carbocycles. The number of amides is 3. The third-order valence-corrected chi connectivity index (χ3v) is 5.42. The van der Waals surface area contributed by atoms with E-state index < -0.39 is 0 Å². The average molecular weight is 520 g/mol. The molecule has 0 spiro atoms. The van der Waals surface area contributed by atoms with Crippen LogP contribution in [0.1, 0.15) is 23.7 Å². The largest absolute Gasteiger partial charge is 0.367 e. The van der Waals surface area contributed by atoms with Crippen molar-refractivity contribution < 1.29 is 9.59 Å². The molecular weight excluding hydrogens is 487 g/mol. The van der Waals surface area contributed by atoms with Gasteiger partial charge in [0.05, 0.1) is 11.9 Å². The van der Waals surface area contributed by atoms with Crippen molar-refractivity contribution in [2.75, 3.05) is 37.6 Å². The number of piperazine rings is 1. The smallest absolute Gasteiger partial charge is 0.328 e. The molecule has 0 bridgehead atoms. The van der Waals surface area contributed by atoms with Crippen LogP contribution in [0.3, 0.4) is 0 Å². The molecule has 8 nitrogen and oxygen atoms in total. The van der Waals surface area contributed by atoms with E-state index in [1.165, 1.54) is 11.1 Å². The van der Waals surface area contributed by atoms with Gasteiger partial charge in [0.2, 0.25) is 5.91 Å². The summed E-state index contributed by atoms with van der Waals surface area (Å²) in [5.74, 6) is 5.18. The van der Waals surface area contributed by atoms with Crippen molar-refractivity contribution in [2.45, 2.75) is 26.2 Å². The number of anilines is 1. The van der Waals surface area contributed by atoms with Crippen molar-refractivity contribution in [1.29, 1.82) is 0 Å². The Kier molecular flexibility index (Phi) is 14.5. The summed E-state index contributed by atoms with van der Waals surface area (Å²) in [7, 11) is 0. The number of carbonyl (C=O) groups excluding carboxylic acids is 2. The van der Waals surface area contributed by atoms with E-state index >= 15 is 0 Å². The predicted molar refractivity (Wildman–Crippen MR) is 139 cm³/mol. The number of aryl methyl sites for hydroxylation is 2. The zero-order valence-electron chi connectivity index (χ0n) is 18.7. The minimum absolute atomic E-state index is 0. The highest BCUT2D eigenvalue weighted by molar-refractivity contribution is 5.86. The quantitative estimate of drug-likeness (QED) is 0.296. The van der Waals surface area contributed by atoms with Crippen LogP contribution >= 0.6 is 37.2 Å². The van der Waals surface area contributed by atoms with Crippen LogP contribution in [0.5, 0.6) is 0 Å². The second-order valence-corrected chi connectivity index (χ2v) is 7.47. The normalized spacial score (nSPS) is 12.5. The van der Waals surface area contributed by atoms with E-state index in [9.17, 15) is 9.59 Å². The van der Waals surface area contributed by atoms with Gasteiger partial charge in [0.15, 0.2) is 0 Å². The molecule has 2 aromatic rings. The molecule has 1 saturated heterocycles. The molecule has 4 N–H and O–H groups in total. The van der Waals surface area contributed by atoms with Gasteiger partial charge in [0, 0.05) is 45.3 Å². The highest BCUT2D eigenvalue weighted by atomic mass is 35.5. The zero-order valence-corrected chi connectivity index (χ0v) is 21.1. The molecule has 2 heterocycles. The molecule has 0 atom stereocenters. The molecule has 1 fully saturated rings. The van der Waals surface area contributed by atoms with Gasteiger partial charge in [0.25, 0.3) is 0 Å². The van der Waals surface area contributed by atoms with Crippen molar-refractivity contribution in [3.8, 4) is 0 Å². The fraction of sp³-hybridized carbons (Fsp3) is 0.409. The lowest BCUT2D eigenvalue weighted by Gasteiger charge is -2.35. The number of nitrogens with one attached hydrogen (secondary N) is 2. The number of hydrogen-bond donors (Lipinski definition) is 3. The molecule has 0 radical (unpaired) electrons. The van der Waals surface area contributed by atoms with Crippen LogP contribution < -0.4 is 21.5 Å². The van der Waals surface area contributed by atoms with Crippen LogP contribution in [-0.2, 0) is 24.1 Å². The van der Waals surface area contributed by atoms with Crippen LogP contribution in [0.25, 0.3) is 0 Å². The van der Waals surface area contributed by atoms with Crippen molar-refractivity contribution in [1.82, 2.24) is 20.6 Å². The number of nitrogens with zero attached hydrogens (tertiary/aromatic N) is 3. The number of hydrazine groups is 1. The lowest BCUT2D eigenvalue weighted by molar-refractivity contribution is -0.129. The van der Waals surface area contributed by atoms with Gasteiger partial charge in [-0.1, -0.05) is 24.3 Å². The predicted octanol–water partition coefficient (Wildman–Crippen LogP) is 2.52. The summed E-state index contributed by atoms with van der Waals surface area (Å²) in [5, 5.41) is 2.67. The summed E-state index contributed by atoms with van der Waals surface area (Å²) in [5.41, 5.74) is 6.66. The van der Waals surface area contributed by atoms with Crippen molar-refractivity contribution >= 4 is 54.8 Å². The molecular formula is C22H33Cl3N6O2. The Balaban J connectivity index is 0.00000341. The number of rotatable bonds is 7. The van der Waals surface area contributed by atoms with Gasteiger partial charge in [-0.05, 0) is 42.5 Å². The van der Waals surface area contributed by atoms with Gasteiger partial charge in [0.1, 0.15) is 0 Å². The van der Waals surface area contributed by atoms with E-state index in [4.69, 9.17) is 5.84 Å². The number of benzene rings is 1. The summed E-state index contributed by atoms with van der Waals surface area (Å²) in [6, 6.07) is 12.3. The maximum atomic E-state index is 11.5. The van der Waals surface area contributed by atoms with Gasteiger partial charge in [-0.25, -0.2) is 10.6 Å². The summed E-state index contributed by atoms with van der Waals surface area (Å²) in [6.07, 6.45) is 4.51. The van der Waals surface area contributed by atoms with E-state index in [2.05, 4.69) is 51.6 Å². The highest BCUT2D eigenvalue weighted by Gasteiger charge is 2.18. The van der Waals surface area contributed by atoms with Crippen LogP contribution in [0.2, 0.25) is 0 Å². The fourth-order valence-electron chi connectivity index (χ4n) is 3.55. The number of hydrogen-bond acceptors (Lipinski definition) is 5. The maximum Gasteiger partial charge on any atom is 0.328 e. The topological polar surface area (TPSA) is 104 Å². The van der Waals surface area contributed by atoms with E-state index in [0.717, 1.165) is 56.8 Å². The zero-order chi connectivity index (χ0) is 21.3. The number of pyridine rings is 1. The van der Waals surface area contributed by atoms with Crippen molar-refractivity contribution in [2.24, 2.45) is 5.84 Å². The standard InChI is InChI=1S/C22H30N6O2.3ClH/c1-17(29)27-12-14-28(15-13-27)21-9-8-20(25-16-21)7-6-18-2-4-19(5-3-18)10-11-24-22(30)26-23;;;/h2-5,8-9,16H,6-7,10-15,23H2,1H3,(H2,24,26,30);3*1H. The summed E-state index contributed by atoms with van der Waals surface area (Å²) >= 11 is 0. The second-order valence-electron chi connectivity index (χ2n) is 7.47. The lowest BCUT2D eigenvalue weighted by Crippen LogP contribution is -2.48. The molecule has 1 aromatic carbocycles. The average Bonchev–Trinajstić information content (AvgIpc) is 2.79. The number of aromatic nitrogens is 1. The van der Waals surface area contributed by atoms with Crippen LogP contribution in [0.15, 0.2) is 42.6 Å². The maximum absolute atomic E-state index is 11.5. The fourth-order valence-corrected chi connectivity index (χ4v) is 3.55. The Hall–Kier alpha value is -2.26. The van der Waals surface area contributed by atoms with Crippen LogP contribution in [0.4, 0.5) is 10.5 Å². The number of nitrogens with two attached hydrogens (primary N) is 1. The van der Waals surface area contributed by atoms with E-state index in [-0.39, 0.29) is 49.2 Å². The first-order valence-corrected chi connectivity index (χ1v) is 10.3. The molecule has 3 rings (SSSR count). The van der Waals surface area contributed by atoms with Gasteiger partial charge in [-0.15, -0.1) is 37.2 Å². The van der Waals surface area contributed by atoms with Crippen LogP contribution in [0, 0.1) is 0 Å². The first-order chi connectivity index (χ1) is 14.5. The minimum Gasteiger partial charge on any atom is -0.367 e. The molecule has 0 unspecified atom stereocenters. The Morgan fingerprint density at radius 3 is 2.03 bits per heavy atom. The Labute approximate surface area is 213 Å². The minimum atomic E-state index is -0.372. The third-order valence-electron chi connectivity index (χ3n) is 5.42. The summed E-state index contributed by atoms with van der Waals surface area (Å²) in [6.45, 7) is 5.40. The van der Waals surface area contributed by atoms with Crippen molar-refractivity contribution in [3.05, 3.63) is 59.4 Å². The molecule has 1 aromatic heterocycles. The van der Waals surface area contributed by atoms with Gasteiger partial charge < -0.3 is 15.1 Å². The molecule has 1 aliphatic rings. The van der Waals surface area contributed by atoms with Crippen LogP contribution in [-0.4, -0.2) is 54.5 Å². The Morgan fingerprint density at radius 1 is 0.909 bits per heavy atom. The second kappa shape index (κ2) is 15.6. The Bertz CT molecular complexity index is 844. The molecule has 33 heavy (non-hydrogen) atoms. The molecule has 1 aliphatic heterocycles. The van der Waals surface area contributed by atoms with Gasteiger partial charge >= 0.3 is 6.03 Å². The number of carbonyl (C=O) groups is 2. The van der Waals surface area contributed by atoms with Crippen molar-refractivity contribution in [3.63, 3.8) is 0 Å². The summed E-state index contributed by atoms with van der Waals surface area (Å²) < 4.78 is 0. The molecule has 0 aliphatic carbocycles. The third kappa shape index (κ3) is 9.63. The molecule has 11 heteroatoms.